The minimum absolute atomic E-state index is 0.00296. The largest absolute Gasteiger partial charge is 0.466 e. The van der Waals surface area contributed by atoms with Crippen LogP contribution in [0.4, 0.5) is 17.3 Å². The van der Waals surface area contributed by atoms with Gasteiger partial charge in [-0.2, -0.15) is 4.98 Å². The third-order valence-corrected chi connectivity index (χ3v) is 7.21. The Kier molecular flexibility index (Phi) is 6.97. The van der Waals surface area contributed by atoms with Gasteiger partial charge in [0.1, 0.15) is 5.65 Å². The van der Waals surface area contributed by atoms with Crippen LogP contribution >= 0.6 is 0 Å². The van der Waals surface area contributed by atoms with Crippen molar-refractivity contribution in [3.05, 3.63) is 52.9 Å². The predicted molar refractivity (Wildman–Crippen MR) is 137 cm³/mol. The summed E-state index contributed by atoms with van der Waals surface area (Å²) in [4.78, 5) is 36.2. The molecule has 0 spiro atoms. The number of hydrogen-bond acceptors (Lipinski definition) is 7. The molecule has 1 saturated heterocycles. The average Bonchev–Trinajstić information content (AvgIpc) is 2.90. The zero-order valence-electron chi connectivity index (χ0n) is 20.3. The molecule has 2 fully saturated rings. The molecule has 3 heterocycles. The maximum Gasteiger partial charge on any atom is 0.309 e. The molecule has 0 bridgehead atoms. The number of carbonyl (C=O) groups is 1. The highest BCUT2D eigenvalue weighted by molar-refractivity contribution is 5.76. The molecule has 1 aliphatic heterocycles. The normalized spacial score (nSPS) is 17.5. The van der Waals surface area contributed by atoms with Crippen LogP contribution in [0.1, 0.15) is 57.9 Å². The Morgan fingerprint density at radius 1 is 1.03 bits per heavy atom. The SMILES string of the molecule is CCOC(=O)C1CCN(c2ccc(Nc3ncc4ccc(=O)n(C5CCCCC5)c4n3)cc2)CC1. The Bertz CT molecular complexity index is 1230. The van der Waals surface area contributed by atoms with E-state index in [4.69, 9.17) is 9.72 Å². The number of nitrogens with zero attached hydrogens (tertiary/aromatic N) is 4. The van der Waals surface area contributed by atoms with E-state index in [2.05, 4.69) is 27.3 Å². The Morgan fingerprint density at radius 2 is 1.77 bits per heavy atom. The summed E-state index contributed by atoms with van der Waals surface area (Å²) >= 11 is 0. The van der Waals surface area contributed by atoms with Crippen molar-refractivity contribution in [2.45, 2.75) is 57.9 Å². The zero-order chi connectivity index (χ0) is 24.2. The van der Waals surface area contributed by atoms with Crippen LogP contribution in [0.5, 0.6) is 0 Å². The second-order valence-electron chi connectivity index (χ2n) is 9.49. The monoisotopic (exact) mass is 475 g/mol. The van der Waals surface area contributed by atoms with E-state index in [-0.39, 0.29) is 23.5 Å². The number of ether oxygens (including phenoxy) is 1. The number of benzene rings is 1. The average molecular weight is 476 g/mol. The molecule has 0 radical (unpaired) electrons. The van der Waals surface area contributed by atoms with Crippen LogP contribution in [-0.4, -0.2) is 40.2 Å². The molecule has 1 aromatic carbocycles. The van der Waals surface area contributed by atoms with Gasteiger partial charge in [-0.25, -0.2) is 4.98 Å². The van der Waals surface area contributed by atoms with Gasteiger partial charge < -0.3 is 15.0 Å². The summed E-state index contributed by atoms with van der Waals surface area (Å²) < 4.78 is 7.04. The van der Waals surface area contributed by atoms with Gasteiger partial charge in [0.2, 0.25) is 5.95 Å². The van der Waals surface area contributed by atoms with Gasteiger partial charge in [0.05, 0.1) is 12.5 Å². The van der Waals surface area contributed by atoms with Crippen molar-refractivity contribution in [3.63, 3.8) is 0 Å². The molecule has 3 aromatic rings. The van der Waals surface area contributed by atoms with Crippen LogP contribution < -0.4 is 15.8 Å². The second-order valence-corrected chi connectivity index (χ2v) is 9.49. The number of anilines is 3. The first kappa shape index (κ1) is 23.3. The Balaban J connectivity index is 1.29. The lowest BCUT2D eigenvalue weighted by molar-refractivity contribution is -0.148. The molecular weight excluding hydrogens is 442 g/mol. The quantitative estimate of drug-likeness (QED) is 0.511. The first-order chi connectivity index (χ1) is 17.1. The van der Waals surface area contributed by atoms with Crippen LogP contribution in [-0.2, 0) is 9.53 Å². The van der Waals surface area contributed by atoms with E-state index in [1.807, 2.05) is 23.6 Å². The molecule has 0 amide bonds. The van der Waals surface area contributed by atoms with Gasteiger partial charge >= 0.3 is 5.97 Å². The van der Waals surface area contributed by atoms with Crippen molar-refractivity contribution in [2.75, 3.05) is 29.9 Å². The Morgan fingerprint density at radius 3 is 2.49 bits per heavy atom. The van der Waals surface area contributed by atoms with Crippen molar-refractivity contribution in [1.82, 2.24) is 14.5 Å². The topological polar surface area (TPSA) is 89.4 Å². The molecule has 2 aliphatic rings. The highest BCUT2D eigenvalue weighted by Crippen LogP contribution is 2.30. The van der Waals surface area contributed by atoms with Crippen LogP contribution in [0.3, 0.4) is 0 Å². The first-order valence-electron chi connectivity index (χ1n) is 12.8. The van der Waals surface area contributed by atoms with Crippen molar-refractivity contribution >= 4 is 34.3 Å². The van der Waals surface area contributed by atoms with Crippen molar-refractivity contribution < 1.29 is 9.53 Å². The van der Waals surface area contributed by atoms with E-state index >= 15 is 0 Å². The molecule has 1 saturated carbocycles. The fraction of sp³-hybridized carbons (Fsp3) is 0.481. The summed E-state index contributed by atoms with van der Waals surface area (Å²) in [6.07, 6.45) is 8.98. The van der Waals surface area contributed by atoms with Crippen molar-refractivity contribution in [3.8, 4) is 0 Å². The van der Waals surface area contributed by atoms with Crippen LogP contribution in [0.15, 0.2) is 47.4 Å². The molecule has 184 valence electrons. The molecule has 2 aromatic heterocycles. The lowest BCUT2D eigenvalue weighted by atomic mass is 9.95. The van der Waals surface area contributed by atoms with Gasteiger partial charge in [-0.1, -0.05) is 19.3 Å². The third-order valence-electron chi connectivity index (χ3n) is 7.21. The number of carbonyl (C=O) groups excluding carboxylic acids is 1. The lowest BCUT2D eigenvalue weighted by Crippen LogP contribution is -2.36. The minimum Gasteiger partial charge on any atom is -0.466 e. The molecule has 35 heavy (non-hydrogen) atoms. The third kappa shape index (κ3) is 5.16. The maximum absolute atomic E-state index is 12.7. The molecule has 0 unspecified atom stereocenters. The molecular formula is C27H33N5O3. The summed E-state index contributed by atoms with van der Waals surface area (Å²) in [6.45, 7) is 3.96. The summed E-state index contributed by atoms with van der Waals surface area (Å²) in [5.41, 5.74) is 2.72. The second kappa shape index (κ2) is 10.5. The fourth-order valence-electron chi connectivity index (χ4n) is 5.31. The van der Waals surface area contributed by atoms with Crippen LogP contribution in [0.2, 0.25) is 0 Å². The number of nitrogens with one attached hydrogen (secondary N) is 1. The number of piperidine rings is 1. The number of hydrogen-bond donors (Lipinski definition) is 1. The summed E-state index contributed by atoms with van der Waals surface area (Å²) in [6, 6.07) is 11.8. The van der Waals surface area contributed by atoms with Gasteiger partial charge in [0.15, 0.2) is 0 Å². The van der Waals surface area contributed by atoms with E-state index in [0.717, 1.165) is 68.4 Å². The van der Waals surface area contributed by atoms with Gasteiger partial charge in [0, 0.05) is 48.2 Å². The first-order valence-corrected chi connectivity index (χ1v) is 12.8. The van der Waals surface area contributed by atoms with E-state index in [9.17, 15) is 9.59 Å². The van der Waals surface area contributed by atoms with Crippen LogP contribution in [0.25, 0.3) is 11.0 Å². The molecule has 5 rings (SSSR count). The zero-order valence-corrected chi connectivity index (χ0v) is 20.3. The standard InChI is InChI=1S/C27H33N5O3/c1-2-35-26(34)19-14-16-31(17-15-19)22-11-9-21(10-12-22)29-27-28-18-20-8-13-24(33)32(25(20)30-27)23-6-4-3-5-7-23/h8-13,18-19,23H,2-7,14-17H2,1H3,(H,28,29,30). The maximum atomic E-state index is 12.7. The van der Waals surface area contributed by atoms with Crippen molar-refractivity contribution in [1.29, 1.82) is 0 Å². The smallest absolute Gasteiger partial charge is 0.309 e. The van der Waals surface area contributed by atoms with E-state index in [1.54, 1.807) is 18.3 Å². The minimum atomic E-state index is -0.0732. The van der Waals surface area contributed by atoms with Gasteiger partial charge in [-0.05, 0) is 62.9 Å². The van der Waals surface area contributed by atoms with E-state index in [0.29, 0.717) is 18.2 Å². The Labute approximate surface area is 205 Å². The fourth-order valence-corrected chi connectivity index (χ4v) is 5.31. The summed E-state index contributed by atoms with van der Waals surface area (Å²) in [5.74, 6) is 0.412. The van der Waals surface area contributed by atoms with Gasteiger partial charge in [-0.3, -0.25) is 14.2 Å². The number of aromatic nitrogens is 3. The van der Waals surface area contributed by atoms with Crippen LogP contribution in [0, 0.1) is 5.92 Å². The summed E-state index contributed by atoms with van der Waals surface area (Å²) in [7, 11) is 0. The Hall–Kier alpha value is -3.42. The van der Waals surface area contributed by atoms with Gasteiger partial charge in [0.25, 0.3) is 5.56 Å². The molecule has 1 N–H and O–H groups in total. The molecule has 8 nitrogen and oxygen atoms in total. The molecule has 0 atom stereocenters. The number of pyridine rings is 1. The highest BCUT2D eigenvalue weighted by Gasteiger charge is 2.26. The number of fused-ring (bicyclic) bond motifs is 1. The number of rotatable bonds is 6. The van der Waals surface area contributed by atoms with E-state index in [1.165, 1.54) is 6.42 Å². The lowest BCUT2D eigenvalue weighted by Gasteiger charge is -2.32. The molecule has 8 heteroatoms. The predicted octanol–water partition coefficient (Wildman–Crippen LogP) is 4.82. The van der Waals surface area contributed by atoms with Gasteiger partial charge in [-0.15, -0.1) is 0 Å². The highest BCUT2D eigenvalue weighted by atomic mass is 16.5. The summed E-state index contributed by atoms with van der Waals surface area (Å²) in [5, 5.41) is 4.17. The number of esters is 1. The van der Waals surface area contributed by atoms with E-state index < -0.39 is 0 Å². The molecule has 1 aliphatic carbocycles. The van der Waals surface area contributed by atoms with Crippen molar-refractivity contribution in [2.24, 2.45) is 5.92 Å².